The van der Waals surface area contributed by atoms with Gasteiger partial charge in [0, 0.05) is 99.0 Å². The molecule has 0 amide bonds. The zero-order valence-electron chi connectivity index (χ0n) is 71.9. The number of hydrogen-bond acceptors (Lipinski definition) is 4. The number of nitrogens with zero attached hydrogens (tertiary/aromatic N) is 3. The molecule has 1 N–H and O–H groups in total. The smallest absolute Gasteiger partial charge is 0.0198 e. The van der Waals surface area contributed by atoms with E-state index in [0.717, 1.165) is 70.1 Å². The summed E-state index contributed by atoms with van der Waals surface area (Å²) in [7, 11) is 0. The quantitative estimate of drug-likeness (QED) is 0.133. The van der Waals surface area contributed by atoms with Crippen molar-refractivity contribution in [3.05, 3.63) is 358 Å². The Morgan fingerprint density at radius 2 is 0.645 bits per heavy atom. The monoisotopic (exact) mass is 2310 g/mol. The Hall–Kier alpha value is -7.04. The maximum absolute atomic E-state index is 8.91. The van der Waals surface area contributed by atoms with E-state index in [-0.39, 0.29) is 153 Å². The molecular weight excluding hydrogens is 2180 g/mol. The molecule has 121 heavy (non-hydrogen) atoms. The van der Waals surface area contributed by atoms with E-state index in [1.54, 1.807) is 0 Å². The van der Waals surface area contributed by atoms with Crippen LogP contribution < -0.4 is 0 Å². The zero-order chi connectivity index (χ0) is 79.5. The van der Waals surface area contributed by atoms with E-state index in [4.69, 9.17) is 20.4 Å². The number of allylic oxidation sites excluding steroid dienone is 3. The Morgan fingerprint density at radius 3 is 0.983 bits per heavy atom. The third-order valence-electron chi connectivity index (χ3n) is 29.7. The average Bonchev–Trinajstić information content (AvgIpc) is 1.23. The zero-order valence-corrected chi connectivity index (χ0v) is 81.5. The number of fused-ring (bicyclic) bond motifs is 10. The molecule has 0 aliphatic heterocycles. The average molecular weight is 2310 g/mol. The predicted octanol–water partition coefficient (Wildman–Crippen LogP) is 28.6. The first-order chi connectivity index (χ1) is 53.7. The second-order valence-corrected chi connectivity index (χ2v) is 39.3. The molecule has 1 fully saturated rings. The number of nitrogens with one attached hydrogen (secondary N) is 1. The Bertz CT molecular complexity index is 5600. The first kappa shape index (κ1) is 97.8. The fourth-order valence-corrected chi connectivity index (χ4v) is 22.2. The topological polar surface area (TPSA) is 62.5 Å². The van der Waals surface area contributed by atoms with Crippen molar-refractivity contribution in [3.63, 3.8) is 0 Å². The van der Waals surface area contributed by atoms with Crippen LogP contribution in [0.25, 0.3) is 33.8 Å². The fraction of sp³-hybridized carbons (Fsp3) is 0.398. The fourth-order valence-electron chi connectivity index (χ4n) is 22.2. The first-order valence-electron chi connectivity index (χ1n) is 42.2. The molecule has 1 saturated carbocycles. The minimum atomic E-state index is -0.0895. The largest absolute Gasteiger partial charge is 0.349 e. The van der Waals surface area contributed by atoms with Crippen molar-refractivity contribution < 1.29 is 80.4 Å². The molecule has 3 aromatic heterocycles. The van der Waals surface area contributed by atoms with Gasteiger partial charge in [-0.3, -0.25) is 0 Å². The van der Waals surface area contributed by atoms with Gasteiger partial charge in [0.2, 0.25) is 0 Å². The van der Waals surface area contributed by atoms with Crippen molar-refractivity contribution in [3.8, 4) is 33.8 Å². The minimum Gasteiger partial charge on any atom is -0.349 e. The van der Waals surface area contributed by atoms with Crippen molar-refractivity contribution in [1.82, 2.24) is 15.0 Å². The van der Waals surface area contributed by atoms with Gasteiger partial charge in [0.1, 0.15) is 0 Å². The Morgan fingerprint density at radius 1 is 0.347 bits per heavy atom. The molecule has 3 heterocycles. The summed E-state index contributed by atoms with van der Waals surface area (Å²) in [5, 5.41) is 8.91. The van der Waals surface area contributed by atoms with Crippen LogP contribution in [0.5, 0.6) is 0 Å². The number of rotatable bonds is 6. The molecule has 2 bridgehead atoms. The molecule has 11 aromatic rings. The van der Waals surface area contributed by atoms with Gasteiger partial charge >= 0.3 is 0 Å². The van der Waals surface area contributed by atoms with Gasteiger partial charge in [-0.25, -0.2) is 0 Å². The number of aromatic nitrogens is 3. The Balaban J connectivity index is 0.000000180. The van der Waals surface area contributed by atoms with Gasteiger partial charge < -0.3 is 20.4 Å². The van der Waals surface area contributed by atoms with Gasteiger partial charge in [0.15, 0.2) is 0 Å². The molecule has 10 aliphatic rings. The summed E-state index contributed by atoms with van der Waals surface area (Å²) in [5.41, 5.74) is 41.9. The third-order valence-corrected chi connectivity index (χ3v) is 29.7. The van der Waals surface area contributed by atoms with Gasteiger partial charge in [-0.15, -0.1) is 140 Å². The number of aryl methyl sites for hydroxylation is 4. The van der Waals surface area contributed by atoms with E-state index < -0.39 is 0 Å². The Kier molecular flexibility index (Phi) is 28.9. The molecule has 642 valence electrons. The normalized spacial score (nSPS) is 19.4. The number of benzene rings is 8. The summed E-state index contributed by atoms with van der Waals surface area (Å²) in [6.07, 6.45) is 22.4. The van der Waals surface area contributed by atoms with Crippen LogP contribution in [0, 0.1) is 41.0 Å². The summed E-state index contributed by atoms with van der Waals surface area (Å²) in [6.45, 7) is 46.2. The van der Waals surface area contributed by atoms with Crippen LogP contribution in [0.4, 0.5) is 0 Å². The number of pyridine rings is 3. The van der Waals surface area contributed by atoms with Crippen LogP contribution in [-0.2, 0) is 156 Å². The molecule has 4 radical (unpaired) electrons. The van der Waals surface area contributed by atoms with Crippen molar-refractivity contribution >= 4 is 5.71 Å². The van der Waals surface area contributed by atoms with Crippen molar-refractivity contribution in [2.45, 2.75) is 281 Å². The molecule has 0 saturated heterocycles. The van der Waals surface area contributed by atoms with E-state index >= 15 is 0 Å². The summed E-state index contributed by atoms with van der Waals surface area (Å²) >= 11 is 0. The molecule has 0 spiro atoms. The third kappa shape index (κ3) is 16.2. The van der Waals surface area contributed by atoms with E-state index in [2.05, 4.69) is 338 Å². The maximum Gasteiger partial charge on any atom is 0.0198 e. The molecular formula is C113H130Ir4N4-4. The van der Waals surface area contributed by atoms with Gasteiger partial charge in [-0.1, -0.05) is 305 Å². The van der Waals surface area contributed by atoms with Gasteiger partial charge in [0.25, 0.3) is 0 Å². The summed E-state index contributed by atoms with van der Waals surface area (Å²) < 4.78 is 0. The van der Waals surface area contributed by atoms with Crippen molar-refractivity contribution in [2.75, 3.05) is 0 Å². The summed E-state index contributed by atoms with van der Waals surface area (Å²) in [6, 6.07) is 74.9. The Labute approximate surface area is 783 Å². The van der Waals surface area contributed by atoms with Crippen LogP contribution in [0.2, 0.25) is 0 Å². The van der Waals surface area contributed by atoms with Crippen molar-refractivity contribution in [1.29, 1.82) is 5.41 Å². The maximum atomic E-state index is 8.91. The second-order valence-electron chi connectivity index (χ2n) is 39.3. The molecule has 2 atom stereocenters. The van der Waals surface area contributed by atoms with Crippen LogP contribution >= 0.6 is 0 Å². The van der Waals surface area contributed by atoms with Gasteiger partial charge in [0.05, 0.1) is 0 Å². The molecule has 8 aromatic carbocycles. The first-order valence-corrected chi connectivity index (χ1v) is 42.2. The van der Waals surface area contributed by atoms with Gasteiger partial charge in [-0.05, 0) is 227 Å². The summed E-state index contributed by atoms with van der Waals surface area (Å²) in [5.74, 6) is 1.51. The van der Waals surface area contributed by atoms with E-state index in [0.29, 0.717) is 17.0 Å². The van der Waals surface area contributed by atoms with Crippen molar-refractivity contribution in [2.24, 2.45) is 11.3 Å². The molecule has 10 aliphatic carbocycles. The SMILES string of the molecule is C.C.C.C.C=CC1=C(C(=N)c2[c-]cc3c(c2)C(C)(C)c2ccccc2C3(C)C)CCCC1.CC1(C)c2c[c-]c(-c3cc4c(cn3)C3CC(C4)C3(C)C)cc2C(C)(C)c2ccccc21.CC1(C)c2c[c-]c(-c3cc4c(cn3)CCC4)cc2C(C)(C)c2ccccc21.CC1(C)c2c[c-]c(-c3cc4c(cn3)CCC4)cc2C(C)(C)c2ccccc21.[Ir].[Ir].[Ir].[Ir]. The van der Waals surface area contributed by atoms with E-state index in [1.807, 2.05) is 6.08 Å². The second kappa shape index (κ2) is 35.8. The number of hydrogen-bond donors (Lipinski definition) is 1. The molecule has 8 heteroatoms. The molecule has 21 rings (SSSR count). The van der Waals surface area contributed by atoms with Crippen LogP contribution in [0.15, 0.2) is 206 Å². The standard InChI is InChI=1S/C30H32N.C27H30N.2C26H26N.4CH4.4Ir/c1-28(2)20-13-19-15-27(31-17-21(19)25(28)16-20)18-11-12-24-26(14-18)30(5,6)23-10-8-7-9-22(23)29(24,3)4;1-6-18-11-7-8-12-20(18)25(28)19-15-16-23-24(17-19)27(4,5)22-14-10-9-13-21(22)26(23,2)3;2*1-25(2)20-10-5-6-11-21(20)26(3,4)23-14-18(12-13-22(23)25)24-15-17-8-7-9-19(17)16-27-24;;;;;;;;/h7-10,12,14-15,17,20,25H,13,16H2,1-6H3;6,9-10,13-14,16-17,28H,1,7-8,11-12H2,2-5H3;2*5-6,10-11,13-16H,7-9H2,1-4H3;4*1H4;;;;/q4*-1;;;;;;;;. The predicted molar refractivity (Wildman–Crippen MR) is 495 cm³/mol. The van der Waals surface area contributed by atoms with Crippen LogP contribution in [0.3, 0.4) is 0 Å². The van der Waals surface area contributed by atoms with Crippen LogP contribution in [-0.4, -0.2) is 20.7 Å². The van der Waals surface area contributed by atoms with E-state index in [1.165, 1.54) is 186 Å². The molecule has 2 unspecified atom stereocenters. The van der Waals surface area contributed by atoms with E-state index in [9.17, 15) is 0 Å². The van der Waals surface area contributed by atoms with Crippen LogP contribution in [0.1, 0.15) is 333 Å². The minimum absolute atomic E-state index is 0. The summed E-state index contributed by atoms with van der Waals surface area (Å²) in [4.78, 5) is 14.5. The molecule has 4 nitrogen and oxygen atoms in total. The van der Waals surface area contributed by atoms with Gasteiger partial charge in [-0.2, -0.15) is 0 Å².